The highest BCUT2D eigenvalue weighted by Gasteiger charge is 2.16. The Bertz CT molecular complexity index is 381. The highest BCUT2D eigenvalue weighted by atomic mass is 35.5. The van der Waals surface area contributed by atoms with Gasteiger partial charge in [0.05, 0.1) is 20.6 Å². The van der Waals surface area contributed by atoms with Crippen molar-refractivity contribution >= 4 is 17.6 Å². The Balaban J connectivity index is 2.92. The first-order valence-corrected chi connectivity index (χ1v) is 5.12. The number of methoxy groups -OCH3 is 2. The number of ether oxygens (including phenoxy) is 2. The van der Waals surface area contributed by atoms with Crippen LogP contribution in [0.3, 0.4) is 0 Å². The summed E-state index contributed by atoms with van der Waals surface area (Å²) in [6.45, 7) is 0. The number of esters is 1. The summed E-state index contributed by atoms with van der Waals surface area (Å²) in [6.07, 6.45) is 0.0905. The summed E-state index contributed by atoms with van der Waals surface area (Å²) in [5.74, 6) is 0.246. The van der Waals surface area contributed by atoms with Crippen molar-refractivity contribution in [2.75, 3.05) is 14.2 Å². The molecule has 0 aliphatic rings. The molecule has 0 radical (unpaired) electrons. The maximum absolute atomic E-state index is 11.1. The lowest BCUT2D eigenvalue weighted by Crippen LogP contribution is -2.17. The van der Waals surface area contributed by atoms with Gasteiger partial charge in [0.2, 0.25) is 0 Å². The molecule has 0 heterocycles. The maximum Gasteiger partial charge on any atom is 0.307 e. The molecule has 0 saturated carbocycles. The predicted octanol–water partition coefficient (Wildman–Crippen LogP) is 1.91. The zero-order valence-electron chi connectivity index (χ0n) is 9.20. The van der Waals surface area contributed by atoms with E-state index >= 15 is 0 Å². The topological polar surface area (TPSA) is 61.5 Å². The van der Waals surface area contributed by atoms with Gasteiger partial charge in [0.1, 0.15) is 5.75 Å². The molecular formula is C11H14ClNO3. The molecule has 0 spiro atoms. The van der Waals surface area contributed by atoms with Gasteiger partial charge in [0.25, 0.3) is 0 Å². The van der Waals surface area contributed by atoms with Crippen LogP contribution in [0.15, 0.2) is 18.2 Å². The van der Waals surface area contributed by atoms with Gasteiger partial charge in [-0.3, -0.25) is 4.79 Å². The van der Waals surface area contributed by atoms with Crippen LogP contribution in [0.1, 0.15) is 18.0 Å². The van der Waals surface area contributed by atoms with Gasteiger partial charge in [-0.15, -0.1) is 0 Å². The van der Waals surface area contributed by atoms with Crippen molar-refractivity contribution in [3.63, 3.8) is 0 Å². The molecule has 0 aliphatic heterocycles. The number of hydrogen-bond acceptors (Lipinski definition) is 4. The van der Waals surface area contributed by atoms with Crippen molar-refractivity contribution in [2.24, 2.45) is 5.73 Å². The minimum absolute atomic E-state index is 0.0905. The quantitative estimate of drug-likeness (QED) is 0.821. The van der Waals surface area contributed by atoms with Crippen LogP contribution in [0.4, 0.5) is 0 Å². The highest BCUT2D eigenvalue weighted by Crippen LogP contribution is 2.28. The van der Waals surface area contributed by atoms with Crippen molar-refractivity contribution in [1.82, 2.24) is 0 Å². The van der Waals surface area contributed by atoms with E-state index < -0.39 is 6.04 Å². The molecule has 0 aromatic heterocycles. The third-order valence-electron chi connectivity index (χ3n) is 2.21. The van der Waals surface area contributed by atoms with Gasteiger partial charge in [-0.25, -0.2) is 0 Å². The average Bonchev–Trinajstić information content (AvgIpc) is 2.28. The molecule has 1 atom stereocenters. The number of hydrogen-bond donors (Lipinski definition) is 1. The molecule has 0 fully saturated rings. The Hall–Kier alpha value is -1.26. The molecular weight excluding hydrogens is 230 g/mol. The minimum atomic E-state index is -0.485. The fraction of sp³-hybridized carbons (Fsp3) is 0.364. The lowest BCUT2D eigenvalue weighted by molar-refractivity contribution is -0.141. The molecule has 0 saturated heterocycles. The molecule has 0 amide bonds. The van der Waals surface area contributed by atoms with E-state index in [0.717, 1.165) is 0 Å². The molecule has 88 valence electrons. The summed E-state index contributed by atoms with van der Waals surface area (Å²) in [5.41, 5.74) is 6.57. The number of benzene rings is 1. The SMILES string of the molecule is COC(=O)C[C@@H](N)c1cc(Cl)ccc1OC. The fourth-order valence-corrected chi connectivity index (χ4v) is 1.55. The van der Waals surface area contributed by atoms with Gasteiger partial charge >= 0.3 is 5.97 Å². The Morgan fingerprint density at radius 1 is 1.50 bits per heavy atom. The van der Waals surface area contributed by atoms with Crippen LogP contribution >= 0.6 is 11.6 Å². The van der Waals surface area contributed by atoms with Crippen molar-refractivity contribution < 1.29 is 14.3 Å². The summed E-state index contributed by atoms with van der Waals surface area (Å²) < 4.78 is 9.70. The van der Waals surface area contributed by atoms with Crippen LogP contribution in [0.5, 0.6) is 5.75 Å². The lowest BCUT2D eigenvalue weighted by Gasteiger charge is -2.14. The zero-order chi connectivity index (χ0) is 12.1. The molecule has 0 unspecified atom stereocenters. The maximum atomic E-state index is 11.1. The minimum Gasteiger partial charge on any atom is -0.496 e. The molecule has 4 nitrogen and oxygen atoms in total. The summed E-state index contributed by atoms with van der Waals surface area (Å²) in [7, 11) is 2.86. The molecule has 1 aromatic carbocycles. The van der Waals surface area contributed by atoms with Crippen molar-refractivity contribution in [1.29, 1.82) is 0 Å². The summed E-state index contributed by atoms with van der Waals surface area (Å²) in [4.78, 5) is 11.1. The third-order valence-corrected chi connectivity index (χ3v) is 2.44. The zero-order valence-corrected chi connectivity index (χ0v) is 9.95. The monoisotopic (exact) mass is 243 g/mol. The second-order valence-corrected chi connectivity index (χ2v) is 3.71. The number of carbonyl (C=O) groups excluding carboxylic acids is 1. The molecule has 1 aromatic rings. The third kappa shape index (κ3) is 3.12. The number of carbonyl (C=O) groups is 1. The van der Waals surface area contributed by atoms with E-state index in [0.29, 0.717) is 16.3 Å². The van der Waals surface area contributed by atoms with Crippen LogP contribution in [0, 0.1) is 0 Å². The van der Waals surface area contributed by atoms with Crippen LogP contribution in [-0.4, -0.2) is 20.2 Å². The molecule has 2 N–H and O–H groups in total. The average molecular weight is 244 g/mol. The molecule has 0 aliphatic carbocycles. The van der Waals surface area contributed by atoms with Gasteiger partial charge in [0, 0.05) is 16.6 Å². The number of nitrogens with two attached hydrogens (primary N) is 1. The first-order valence-electron chi connectivity index (χ1n) is 4.74. The van der Waals surface area contributed by atoms with Gasteiger partial charge < -0.3 is 15.2 Å². The Kier molecular flexibility index (Phi) is 4.58. The van der Waals surface area contributed by atoms with Crippen LogP contribution in [0.25, 0.3) is 0 Å². The summed E-state index contributed by atoms with van der Waals surface area (Å²) >= 11 is 5.86. The van der Waals surface area contributed by atoms with E-state index in [1.807, 2.05) is 0 Å². The van der Waals surface area contributed by atoms with E-state index in [-0.39, 0.29) is 12.4 Å². The summed E-state index contributed by atoms with van der Waals surface area (Å²) in [6, 6.07) is 4.62. The van der Waals surface area contributed by atoms with Crippen LogP contribution in [-0.2, 0) is 9.53 Å². The first-order chi connectivity index (χ1) is 7.58. The Labute approximate surface area is 99.3 Å². The highest BCUT2D eigenvalue weighted by molar-refractivity contribution is 6.30. The van der Waals surface area contributed by atoms with E-state index in [9.17, 15) is 4.79 Å². The van der Waals surface area contributed by atoms with Gasteiger partial charge in [0.15, 0.2) is 0 Å². The van der Waals surface area contributed by atoms with Crippen LogP contribution < -0.4 is 10.5 Å². The van der Waals surface area contributed by atoms with Crippen LogP contribution in [0.2, 0.25) is 5.02 Å². The van der Waals surface area contributed by atoms with Crippen molar-refractivity contribution in [3.05, 3.63) is 28.8 Å². The fourth-order valence-electron chi connectivity index (χ4n) is 1.37. The summed E-state index contributed by atoms with van der Waals surface area (Å²) in [5, 5.41) is 0.552. The Morgan fingerprint density at radius 2 is 2.19 bits per heavy atom. The number of halogens is 1. The van der Waals surface area contributed by atoms with Crippen molar-refractivity contribution in [2.45, 2.75) is 12.5 Å². The second kappa shape index (κ2) is 5.72. The normalized spacial score (nSPS) is 12.0. The lowest BCUT2D eigenvalue weighted by atomic mass is 10.0. The van der Waals surface area contributed by atoms with E-state index in [1.165, 1.54) is 14.2 Å². The van der Waals surface area contributed by atoms with Gasteiger partial charge in [-0.05, 0) is 18.2 Å². The second-order valence-electron chi connectivity index (χ2n) is 3.27. The van der Waals surface area contributed by atoms with E-state index in [4.69, 9.17) is 22.1 Å². The van der Waals surface area contributed by atoms with Gasteiger partial charge in [-0.2, -0.15) is 0 Å². The number of rotatable bonds is 4. The molecule has 5 heteroatoms. The van der Waals surface area contributed by atoms with Crippen molar-refractivity contribution in [3.8, 4) is 5.75 Å². The Morgan fingerprint density at radius 3 is 2.75 bits per heavy atom. The van der Waals surface area contributed by atoms with E-state index in [1.54, 1.807) is 18.2 Å². The molecule has 1 rings (SSSR count). The smallest absolute Gasteiger partial charge is 0.307 e. The largest absolute Gasteiger partial charge is 0.496 e. The first kappa shape index (κ1) is 12.8. The van der Waals surface area contributed by atoms with E-state index in [2.05, 4.69) is 4.74 Å². The predicted molar refractivity (Wildman–Crippen MR) is 61.6 cm³/mol. The van der Waals surface area contributed by atoms with Gasteiger partial charge in [-0.1, -0.05) is 11.6 Å². The standard InChI is InChI=1S/C11H14ClNO3/c1-15-10-4-3-7(12)5-8(10)9(13)6-11(14)16-2/h3-5,9H,6,13H2,1-2H3/t9-/m1/s1. The molecule has 0 bridgehead atoms. The molecule has 16 heavy (non-hydrogen) atoms.